The summed E-state index contributed by atoms with van der Waals surface area (Å²) >= 11 is 0. The van der Waals surface area contributed by atoms with Gasteiger partial charge in [0.25, 0.3) is 0 Å². The molecule has 1 atom stereocenters. The van der Waals surface area contributed by atoms with Gasteiger partial charge in [-0.1, -0.05) is 18.2 Å². The summed E-state index contributed by atoms with van der Waals surface area (Å²) in [6.07, 6.45) is 5.19. The number of amides is 1. The summed E-state index contributed by atoms with van der Waals surface area (Å²) in [6.45, 7) is 0.537. The number of carbonyl (C=O) groups is 1. The van der Waals surface area contributed by atoms with E-state index in [0.29, 0.717) is 43.9 Å². The third kappa shape index (κ3) is 5.46. The molecule has 9 heteroatoms. The Morgan fingerprint density at radius 3 is 2.50 bits per heavy atom. The Morgan fingerprint density at radius 1 is 1.06 bits per heavy atom. The summed E-state index contributed by atoms with van der Waals surface area (Å²) < 4.78 is 33.3. The lowest BCUT2D eigenvalue weighted by molar-refractivity contribution is -0.127. The fourth-order valence-corrected chi connectivity index (χ4v) is 5.72. The summed E-state index contributed by atoms with van der Waals surface area (Å²) in [5.41, 5.74) is 0. The smallest absolute Gasteiger partial charge is 0.244 e. The molecule has 1 saturated carbocycles. The molecule has 172 valence electrons. The molecule has 0 spiro atoms. The monoisotopic (exact) mass is 459 g/mol. The number of piperidine rings is 1. The number of benzene rings is 1. The predicted octanol–water partition coefficient (Wildman–Crippen LogP) is 2.69. The molecule has 0 radical (unpaired) electrons. The van der Waals surface area contributed by atoms with E-state index in [9.17, 15) is 18.3 Å². The van der Waals surface area contributed by atoms with Gasteiger partial charge in [-0.05, 0) is 56.7 Å². The molecule has 32 heavy (non-hydrogen) atoms. The van der Waals surface area contributed by atoms with E-state index in [4.69, 9.17) is 4.74 Å². The molecule has 4 rings (SSSR count). The number of pyridine rings is 1. The van der Waals surface area contributed by atoms with Crippen molar-refractivity contribution in [3.8, 4) is 11.6 Å². The molecule has 1 aromatic carbocycles. The fraction of sp³-hybridized carbons (Fsp3) is 0.478. The molecule has 0 bridgehead atoms. The third-order valence-corrected chi connectivity index (χ3v) is 7.96. The maximum atomic E-state index is 13.1. The highest BCUT2D eigenvalue weighted by Crippen LogP contribution is 2.26. The third-order valence-electron chi connectivity index (χ3n) is 6.11. The number of aromatic nitrogens is 1. The summed E-state index contributed by atoms with van der Waals surface area (Å²) in [5.74, 6) is 0.451. The van der Waals surface area contributed by atoms with Crippen molar-refractivity contribution < 1.29 is 23.1 Å². The zero-order valence-electron chi connectivity index (χ0n) is 17.9. The quantitative estimate of drug-likeness (QED) is 0.688. The minimum absolute atomic E-state index is 0.0549. The van der Waals surface area contributed by atoms with E-state index >= 15 is 0 Å². The van der Waals surface area contributed by atoms with Gasteiger partial charge in [-0.2, -0.15) is 4.31 Å². The topological polar surface area (TPSA) is 109 Å². The average molecular weight is 460 g/mol. The number of para-hydroxylation sites is 1. The predicted molar refractivity (Wildman–Crippen MR) is 119 cm³/mol. The summed E-state index contributed by atoms with van der Waals surface area (Å²) in [5, 5.41) is 12.7. The van der Waals surface area contributed by atoms with E-state index in [0.717, 1.165) is 12.8 Å². The van der Waals surface area contributed by atoms with E-state index in [-0.39, 0.29) is 35.4 Å². The number of nitrogens with one attached hydrogen (secondary N) is 1. The number of sulfonamides is 1. The average Bonchev–Trinajstić information content (AvgIpc) is 2.82. The SMILES string of the molecule is O=C(N[C@H]1CC[C@H](O)CC1)[C@H]1CCCN(S(=O)(=O)c2ccc(Oc3ccccc3)nc2)C1. The number of nitrogens with zero attached hydrogens (tertiary/aromatic N) is 2. The van der Waals surface area contributed by atoms with Crippen LogP contribution in [0.3, 0.4) is 0 Å². The number of ether oxygens (including phenoxy) is 1. The molecule has 0 unspecified atom stereocenters. The van der Waals surface area contributed by atoms with Crippen LogP contribution < -0.4 is 10.1 Å². The van der Waals surface area contributed by atoms with Crippen molar-refractivity contribution in [2.24, 2.45) is 5.92 Å². The summed E-state index contributed by atoms with van der Waals surface area (Å²) in [4.78, 5) is 17.0. The first kappa shape index (κ1) is 22.7. The maximum absolute atomic E-state index is 13.1. The van der Waals surface area contributed by atoms with Gasteiger partial charge >= 0.3 is 0 Å². The van der Waals surface area contributed by atoms with Gasteiger partial charge in [0.1, 0.15) is 10.6 Å². The highest BCUT2D eigenvalue weighted by molar-refractivity contribution is 7.89. The molecule has 1 aliphatic heterocycles. The number of hydrogen-bond acceptors (Lipinski definition) is 6. The Morgan fingerprint density at radius 2 is 1.81 bits per heavy atom. The van der Waals surface area contributed by atoms with Gasteiger partial charge in [0.05, 0.1) is 18.2 Å². The number of hydrogen-bond donors (Lipinski definition) is 2. The Kier molecular flexibility index (Phi) is 7.07. The van der Waals surface area contributed by atoms with Crippen molar-refractivity contribution in [3.05, 3.63) is 48.7 Å². The summed E-state index contributed by atoms with van der Waals surface area (Å²) in [7, 11) is -3.76. The minimum Gasteiger partial charge on any atom is -0.439 e. The van der Waals surface area contributed by atoms with Gasteiger partial charge in [0, 0.05) is 25.2 Å². The second-order valence-corrected chi connectivity index (χ2v) is 10.4. The minimum atomic E-state index is -3.76. The Bertz CT molecular complexity index is 1010. The van der Waals surface area contributed by atoms with E-state index in [1.54, 1.807) is 12.1 Å². The Labute approximate surface area is 188 Å². The molecule has 2 aliphatic rings. The molecule has 1 amide bonds. The van der Waals surface area contributed by atoms with Crippen LogP contribution in [-0.4, -0.2) is 54.0 Å². The highest BCUT2D eigenvalue weighted by atomic mass is 32.2. The van der Waals surface area contributed by atoms with Gasteiger partial charge in [0.2, 0.25) is 21.8 Å². The molecule has 1 aliphatic carbocycles. The lowest BCUT2D eigenvalue weighted by atomic mass is 9.92. The van der Waals surface area contributed by atoms with Crippen LogP contribution in [0.5, 0.6) is 11.6 Å². The van der Waals surface area contributed by atoms with Gasteiger partial charge in [0.15, 0.2) is 0 Å². The first-order valence-corrected chi connectivity index (χ1v) is 12.5. The lowest BCUT2D eigenvalue weighted by Gasteiger charge is -2.33. The van der Waals surface area contributed by atoms with Crippen molar-refractivity contribution in [3.63, 3.8) is 0 Å². The standard InChI is InChI=1S/C23H29N3O5S/c27-19-10-8-18(9-11-19)25-23(28)17-5-4-14-26(16-17)32(29,30)21-12-13-22(24-15-21)31-20-6-2-1-3-7-20/h1-3,6-7,12-13,15,17-19,27H,4-5,8-11,14,16H2,(H,25,28)/t17-,18-,19-/m0/s1. The molecule has 2 heterocycles. The van der Waals surface area contributed by atoms with Crippen molar-refractivity contribution in [2.45, 2.75) is 55.6 Å². The molecule has 1 saturated heterocycles. The largest absolute Gasteiger partial charge is 0.439 e. The Balaban J connectivity index is 1.38. The van der Waals surface area contributed by atoms with Crippen LogP contribution in [0.25, 0.3) is 0 Å². The molecular formula is C23H29N3O5S. The highest BCUT2D eigenvalue weighted by Gasteiger charge is 2.34. The van der Waals surface area contributed by atoms with Crippen molar-refractivity contribution in [2.75, 3.05) is 13.1 Å². The fourth-order valence-electron chi connectivity index (χ4n) is 4.25. The van der Waals surface area contributed by atoms with Crippen LogP contribution in [0.4, 0.5) is 0 Å². The number of aliphatic hydroxyl groups excluding tert-OH is 1. The van der Waals surface area contributed by atoms with Crippen LogP contribution >= 0.6 is 0 Å². The second-order valence-electron chi connectivity index (χ2n) is 8.46. The number of rotatable bonds is 6. The van der Waals surface area contributed by atoms with E-state index in [1.165, 1.54) is 22.6 Å². The number of carbonyl (C=O) groups excluding carboxylic acids is 1. The van der Waals surface area contributed by atoms with Gasteiger partial charge < -0.3 is 15.2 Å². The van der Waals surface area contributed by atoms with Gasteiger partial charge in [-0.15, -0.1) is 0 Å². The molecule has 1 aromatic heterocycles. The van der Waals surface area contributed by atoms with Gasteiger partial charge in [-0.3, -0.25) is 4.79 Å². The first-order chi connectivity index (χ1) is 15.4. The Hall–Kier alpha value is -2.49. The normalized spacial score (nSPS) is 24.6. The molecule has 8 nitrogen and oxygen atoms in total. The van der Waals surface area contributed by atoms with Crippen molar-refractivity contribution in [1.82, 2.24) is 14.6 Å². The van der Waals surface area contributed by atoms with E-state index < -0.39 is 10.0 Å². The molecule has 2 fully saturated rings. The van der Waals surface area contributed by atoms with Crippen LogP contribution in [0.2, 0.25) is 0 Å². The molecule has 2 aromatic rings. The second kappa shape index (κ2) is 9.97. The molecule has 2 N–H and O–H groups in total. The molecular weight excluding hydrogens is 430 g/mol. The lowest BCUT2D eigenvalue weighted by Crippen LogP contribution is -2.48. The van der Waals surface area contributed by atoms with Crippen molar-refractivity contribution in [1.29, 1.82) is 0 Å². The van der Waals surface area contributed by atoms with E-state index in [1.807, 2.05) is 18.2 Å². The summed E-state index contributed by atoms with van der Waals surface area (Å²) in [6, 6.07) is 12.2. The van der Waals surface area contributed by atoms with Crippen LogP contribution in [0.15, 0.2) is 53.6 Å². The van der Waals surface area contributed by atoms with Gasteiger partial charge in [-0.25, -0.2) is 13.4 Å². The number of aliphatic hydroxyl groups is 1. The van der Waals surface area contributed by atoms with Crippen LogP contribution in [0.1, 0.15) is 38.5 Å². The van der Waals surface area contributed by atoms with E-state index in [2.05, 4.69) is 10.3 Å². The van der Waals surface area contributed by atoms with Crippen molar-refractivity contribution >= 4 is 15.9 Å². The zero-order valence-corrected chi connectivity index (χ0v) is 18.7. The van der Waals surface area contributed by atoms with Crippen LogP contribution in [-0.2, 0) is 14.8 Å². The van der Waals surface area contributed by atoms with Crippen LogP contribution in [0, 0.1) is 5.92 Å². The zero-order chi connectivity index (χ0) is 22.6. The maximum Gasteiger partial charge on any atom is 0.244 e. The first-order valence-electron chi connectivity index (χ1n) is 11.1.